The molecule has 1 unspecified atom stereocenters. The number of rotatable bonds is 4. The van der Waals surface area contributed by atoms with Crippen LogP contribution in [0, 0.1) is 5.92 Å². The van der Waals surface area contributed by atoms with Crippen molar-refractivity contribution in [2.45, 2.75) is 6.92 Å². The highest BCUT2D eigenvalue weighted by molar-refractivity contribution is 6.42. The maximum absolute atomic E-state index is 12.1. The Morgan fingerprint density at radius 2 is 1.88 bits per heavy atom. The summed E-state index contributed by atoms with van der Waals surface area (Å²) in [7, 11) is 0. The molecule has 3 rings (SSSR count). The van der Waals surface area contributed by atoms with Gasteiger partial charge in [-0.2, -0.15) is 0 Å². The number of esters is 1. The highest BCUT2D eigenvalue weighted by Gasteiger charge is 2.36. The molecule has 26 heavy (non-hydrogen) atoms. The number of carbonyl (C=O) groups excluding carboxylic acids is 3. The van der Waals surface area contributed by atoms with Crippen LogP contribution in [0.2, 0.25) is 10.0 Å². The van der Waals surface area contributed by atoms with Crippen molar-refractivity contribution in [1.29, 1.82) is 0 Å². The average Bonchev–Trinajstić information content (AvgIpc) is 3.03. The van der Waals surface area contributed by atoms with Gasteiger partial charge in [0.2, 0.25) is 0 Å². The lowest BCUT2D eigenvalue weighted by atomic mass is 9.96. The van der Waals surface area contributed by atoms with Crippen LogP contribution in [0.5, 0.6) is 0 Å². The molecule has 0 amide bonds. The molecule has 0 radical (unpaired) electrons. The summed E-state index contributed by atoms with van der Waals surface area (Å²) in [6.07, 6.45) is 3.64. The number of hydrogen-bond acceptors (Lipinski definition) is 5. The zero-order valence-corrected chi connectivity index (χ0v) is 15.0. The van der Waals surface area contributed by atoms with E-state index in [9.17, 15) is 14.4 Å². The standard InChI is InChI=1S/C19H12Cl2O5/c1-10-8-16(23)18(19(24)25-10)15(22)6-3-12-4-7-17(26-12)11-2-5-13(20)14(21)9-11/h2-9,18H,1H3. The Balaban J connectivity index is 1.76. The normalized spacial score (nSPS) is 17.3. The predicted molar refractivity (Wildman–Crippen MR) is 96.6 cm³/mol. The smallest absolute Gasteiger partial charge is 0.329 e. The lowest BCUT2D eigenvalue weighted by Crippen LogP contribution is -2.34. The van der Waals surface area contributed by atoms with Crippen LogP contribution in [-0.2, 0) is 19.1 Å². The van der Waals surface area contributed by atoms with Gasteiger partial charge in [0.1, 0.15) is 17.3 Å². The number of allylic oxidation sites excluding steroid dienone is 3. The van der Waals surface area contributed by atoms with Crippen molar-refractivity contribution in [2.75, 3.05) is 0 Å². The van der Waals surface area contributed by atoms with Gasteiger partial charge in [0.05, 0.1) is 10.0 Å². The first-order valence-corrected chi connectivity index (χ1v) is 8.32. The van der Waals surface area contributed by atoms with Crippen LogP contribution in [-0.4, -0.2) is 17.5 Å². The highest BCUT2D eigenvalue weighted by atomic mass is 35.5. The first-order chi connectivity index (χ1) is 12.3. The van der Waals surface area contributed by atoms with Gasteiger partial charge < -0.3 is 9.15 Å². The van der Waals surface area contributed by atoms with E-state index in [0.717, 1.165) is 17.7 Å². The van der Waals surface area contributed by atoms with Crippen molar-refractivity contribution in [3.8, 4) is 11.3 Å². The van der Waals surface area contributed by atoms with Gasteiger partial charge in [0.25, 0.3) is 0 Å². The van der Waals surface area contributed by atoms with E-state index in [1.807, 2.05) is 0 Å². The molecule has 2 aromatic rings. The predicted octanol–water partition coefficient (Wildman–Crippen LogP) is 4.48. The van der Waals surface area contributed by atoms with Crippen LogP contribution in [0.4, 0.5) is 0 Å². The third-order valence-corrected chi connectivity index (χ3v) is 4.39. The summed E-state index contributed by atoms with van der Waals surface area (Å²) in [6.45, 7) is 1.47. The molecule has 1 aliphatic rings. The number of ketones is 2. The van der Waals surface area contributed by atoms with Crippen LogP contribution < -0.4 is 0 Å². The summed E-state index contributed by atoms with van der Waals surface area (Å²) >= 11 is 11.9. The minimum absolute atomic E-state index is 0.172. The van der Waals surface area contributed by atoms with Gasteiger partial charge in [-0.25, -0.2) is 0 Å². The van der Waals surface area contributed by atoms with Gasteiger partial charge in [-0.15, -0.1) is 0 Å². The van der Waals surface area contributed by atoms with E-state index in [2.05, 4.69) is 0 Å². The molecule has 132 valence electrons. The summed E-state index contributed by atoms with van der Waals surface area (Å²) in [5.41, 5.74) is 0.719. The largest absolute Gasteiger partial charge is 0.457 e. The molecule has 1 aromatic heterocycles. The fourth-order valence-electron chi connectivity index (χ4n) is 2.41. The maximum Gasteiger partial charge on any atom is 0.329 e. The van der Waals surface area contributed by atoms with Crippen molar-refractivity contribution in [1.82, 2.24) is 0 Å². The molecule has 5 nitrogen and oxygen atoms in total. The highest BCUT2D eigenvalue weighted by Crippen LogP contribution is 2.30. The first kappa shape index (κ1) is 18.2. The Labute approximate surface area is 158 Å². The number of ether oxygens (including phenoxy) is 1. The SMILES string of the molecule is CC1=CC(=O)C(C(=O)C=Cc2ccc(-c3ccc(Cl)c(Cl)c3)o2)C(=O)O1. The second-order valence-corrected chi connectivity index (χ2v) is 6.39. The molecule has 0 N–H and O–H groups in total. The van der Waals surface area contributed by atoms with E-state index in [-0.39, 0.29) is 5.76 Å². The Morgan fingerprint density at radius 1 is 1.12 bits per heavy atom. The second-order valence-electron chi connectivity index (χ2n) is 5.58. The Morgan fingerprint density at radius 3 is 2.58 bits per heavy atom. The molecule has 2 heterocycles. The van der Waals surface area contributed by atoms with Crippen LogP contribution in [0.1, 0.15) is 12.7 Å². The lowest BCUT2D eigenvalue weighted by Gasteiger charge is -2.15. The molecule has 1 atom stereocenters. The molecule has 0 aliphatic carbocycles. The molecular formula is C19H12Cl2O5. The zero-order valence-electron chi connectivity index (χ0n) is 13.5. The zero-order chi connectivity index (χ0) is 18.8. The first-order valence-electron chi connectivity index (χ1n) is 7.56. The van der Waals surface area contributed by atoms with Gasteiger partial charge in [0.15, 0.2) is 17.5 Å². The molecule has 0 spiro atoms. The van der Waals surface area contributed by atoms with E-state index in [4.69, 9.17) is 32.4 Å². The number of benzene rings is 1. The van der Waals surface area contributed by atoms with Gasteiger partial charge in [-0.05, 0) is 49.4 Å². The van der Waals surface area contributed by atoms with Crippen LogP contribution in [0.3, 0.4) is 0 Å². The average molecular weight is 391 g/mol. The summed E-state index contributed by atoms with van der Waals surface area (Å²) in [4.78, 5) is 35.7. The second kappa shape index (κ2) is 7.32. The quantitative estimate of drug-likeness (QED) is 0.437. The molecule has 0 saturated heterocycles. The molecule has 0 fully saturated rings. The lowest BCUT2D eigenvalue weighted by molar-refractivity contribution is -0.151. The molecule has 0 saturated carbocycles. The van der Waals surface area contributed by atoms with Crippen molar-refractivity contribution in [3.05, 3.63) is 64.0 Å². The number of halogens is 2. The Hall–Kier alpha value is -2.63. The third kappa shape index (κ3) is 3.79. The number of furan rings is 1. The summed E-state index contributed by atoms with van der Waals surface area (Å²) < 4.78 is 10.4. The monoisotopic (exact) mass is 390 g/mol. The van der Waals surface area contributed by atoms with Crippen LogP contribution in [0.15, 0.2) is 52.7 Å². The Kier molecular flexibility index (Phi) is 5.11. The van der Waals surface area contributed by atoms with Crippen molar-refractivity contribution < 1.29 is 23.5 Å². The molecule has 7 heteroatoms. The summed E-state index contributed by atoms with van der Waals surface area (Å²) in [6, 6.07) is 8.41. The fourth-order valence-corrected chi connectivity index (χ4v) is 2.71. The van der Waals surface area contributed by atoms with Crippen LogP contribution in [0.25, 0.3) is 17.4 Å². The summed E-state index contributed by atoms with van der Waals surface area (Å²) in [5, 5.41) is 0.825. The summed E-state index contributed by atoms with van der Waals surface area (Å²) in [5.74, 6) is -2.53. The van der Waals surface area contributed by atoms with E-state index in [1.165, 1.54) is 13.0 Å². The van der Waals surface area contributed by atoms with E-state index >= 15 is 0 Å². The van der Waals surface area contributed by atoms with Gasteiger partial charge in [-0.1, -0.05) is 23.2 Å². The van der Waals surface area contributed by atoms with Gasteiger partial charge >= 0.3 is 5.97 Å². The van der Waals surface area contributed by atoms with Crippen molar-refractivity contribution >= 4 is 46.8 Å². The minimum Gasteiger partial charge on any atom is -0.457 e. The van der Waals surface area contributed by atoms with E-state index < -0.39 is 23.5 Å². The minimum atomic E-state index is -1.47. The van der Waals surface area contributed by atoms with E-state index in [0.29, 0.717) is 21.6 Å². The van der Waals surface area contributed by atoms with Crippen molar-refractivity contribution in [2.24, 2.45) is 5.92 Å². The maximum atomic E-state index is 12.1. The van der Waals surface area contributed by atoms with Crippen LogP contribution >= 0.6 is 23.2 Å². The molecular weight excluding hydrogens is 379 g/mol. The molecule has 1 aliphatic heterocycles. The van der Waals surface area contributed by atoms with E-state index in [1.54, 1.807) is 30.3 Å². The molecule has 0 bridgehead atoms. The fraction of sp³-hybridized carbons (Fsp3) is 0.105. The Bertz CT molecular complexity index is 968. The number of carbonyl (C=O) groups is 3. The topological polar surface area (TPSA) is 73.6 Å². The number of cyclic esters (lactones) is 1. The molecule has 1 aromatic carbocycles. The third-order valence-electron chi connectivity index (χ3n) is 3.65. The van der Waals surface area contributed by atoms with Gasteiger partial charge in [-0.3, -0.25) is 14.4 Å². The van der Waals surface area contributed by atoms with Gasteiger partial charge in [0, 0.05) is 11.6 Å². The van der Waals surface area contributed by atoms with Crippen molar-refractivity contribution in [3.63, 3.8) is 0 Å². The number of hydrogen-bond donors (Lipinski definition) is 0.